The highest BCUT2D eigenvalue weighted by Crippen LogP contribution is 2.30. The normalized spacial score (nSPS) is 12.1. The molecule has 4 aromatic rings. The fourth-order valence-corrected chi connectivity index (χ4v) is 3.60. The Morgan fingerprint density at radius 3 is 2.70 bits per heavy atom. The Hall–Kier alpha value is -2.82. The molecular weight excluding hydrogens is 419 g/mol. The van der Waals surface area contributed by atoms with E-state index in [0.29, 0.717) is 28.1 Å². The standard InChI is InChI=1S/C24H20Cl2N2O2/c1-3-14(2)15-10-11-21-20(13-15)28-24(30-21)16-6-4-7-17(12-16)27-23(29)18-8-5-9-19(25)22(18)26/h4-14H,3H2,1-2H3,(H,27,29)/t14-/m1/s1. The lowest BCUT2D eigenvalue weighted by molar-refractivity contribution is 0.102. The van der Waals surface area contributed by atoms with Crippen molar-refractivity contribution in [2.45, 2.75) is 26.2 Å². The summed E-state index contributed by atoms with van der Waals surface area (Å²) >= 11 is 12.2. The van der Waals surface area contributed by atoms with E-state index < -0.39 is 0 Å². The topological polar surface area (TPSA) is 55.1 Å². The summed E-state index contributed by atoms with van der Waals surface area (Å²) < 4.78 is 5.94. The van der Waals surface area contributed by atoms with Crippen LogP contribution in [0, 0.1) is 0 Å². The predicted molar refractivity (Wildman–Crippen MR) is 123 cm³/mol. The number of oxazole rings is 1. The zero-order valence-electron chi connectivity index (χ0n) is 16.6. The fraction of sp³-hybridized carbons (Fsp3) is 0.167. The highest BCUT2D eigenvalue weighted by atomic mass is 35.5. The van der Waals surface area contributed by atoms with Crippen molar-refractivity contribution in [1.82, 2.24) is 4.98 Å². The number of nitrogens with one attached hydrogen (secondary N) is 1. The van der Waals surface area contributed by atoms with Gasteiger partial charge in [0, 0.05) is 11.3 Å². The van der Waals surface area contributed by atoms with E-state index in [-0.39, 0.29) is 10.9 Å². The third-order valence-corrected chi connectivity index (χ3v) is 5.98. The van der Waals surface area contributed by atoms with Gasteiger partial charge in [-0.2, -0.15) is 0 Å². The second-order valence-corrected chi connectivity index (χ2v) is 7.98. The van der Waals surface area contributed by atoms with Crippen molar-refractivity contribution in [3.8, 4) is 11.5 Å². The molecule has 6 heteroatoms. The number of anilines is 1. The maximum atomic E-state index is 12.6. The first kappa shape index (κ1) is 20.5. The molecule has 1 aromatic heterocycles. The van der Waals surface area contributed by atoms with Crippen molar-refractivity contribution in [1.29, 1.82) is 0 Å². The fourth-order valence-electron chi connectivity index (χ4n) is 3.22. The van der Waals surface area contributed by atoms with Crippen LogP contribution in [-0.2, 0) is 0 Å². The van der Waals surface area contributed by atoms with E-state index in [4.69, 9.17) is 27.6 Å². The zero-order chi connectivity index (χ0) is 21.3. The average Bonchev–Trinajstić information content (AvgIpc) is 3.18. The number of benzene rings is 3. The Morgan fingerprint density at radius 1 is 1.10 bits per heavy atom. The molecule has 0 unspecified atom stereocenters. The van der Waals surface area contributed by atoms with Crippen LogP contribution < -0.4 is 5.32 Å². The van der Waals surface area contributed by atoms with Gasteiger partial charge in [0.25, 0.3) is 5.91 Å². The smallest absolute Gasteiger partial charge is 0.257 e. The summed E-state index contributed by atoms with van der Waals surface area (Å²) in [5, 5.41) is 3.41. The Kier molecular flexibility index (Phi) is 5.80. The Balaban J connectivity index is 1.61. The van der Waals surface area contributed by atoms with Gasteiger partial charge < -0.3 is 9.73 Å². The molecule has 0 spiro atoms. The molecule has 0 bridgehead atoms. The number of amides is 1. The van der Waals surface area contributed by atoms with Gasteiger partial charge in [-0.3, -0.25) is 4.79 Å². The minimum absolute atomic E-state index is 0.226. The Morgan fingerprint density at radius 2 is 1.90 bits per heavy atom. The highest BCUT2D eigenvalue weighted by molar-refractivity contribution is 6.44. The van der Waals surface area contributed by atoms with Crippen LogP contribution in [0.25, 0.3) is 22.6 Å². The number of nitrogens with zero attached hydrogens (tertiary/aromatic N) is 1. The molecule has 30 heavy (non-hydrogen) atoms. The summed E-state index contributed by atoms with van der Waals surface area (Å²) in [4.78, 5) is 17.3. The van der Waals surface area contributed by atoms with Gasteiger partial charge in [-0.15, -0.1) is 0 Å². The van der Waals surface area contributed by atoms with E-state index in [1.807, 2.05) is 24.3 Å². The molecule has 4 nitrogen and oxygen atoms in total. The molecule has 0 aliphatic rings. The van der Waals surface area contributed by atoms with Crippen LogP contribution in [-0.4, -0.2) is 10.9 Å². The molecule has 0 aliphatic heterocycles. The second kappa shape index (κ2) is 8.50. The summed E-state index contributed by atoms with van der Waals surface area (Å²) in [6, 6.07) is 18.4. The third kappa shape index (κ3) is 4.07. The van der Waals surface area contributed by atoms with E-state index >= 15 is 0 Å². The van der Waals surface area contributed by atoms with Gasteiger partial charge >= 0.3 is 0 Å². The minimum Gasteiger partial charge on any atom is -0.436 e. The summed E-state index contributed by atoms with van der Waals surface area (Å²) in [5.41, 5.74) is 4.49. The van der Waals surface area contributed by atoms with Crippen LogP contribution in [0.5, 0.6) is 0 Å². The maximum absolute atomic E-state index is 12.6. The van der Waals surface area contributed by atoms with E-state index in [1.54, 1.807) is 24.3 Å². The van der Waals surface area contributed by atoms with Gasteiger partial charge in [0.1, 0.15) is 5.52 Å². The lowest BCUT2D eigenvalue weighted by atomic mass is 9.98. The number of hydrogen-bond acceptors (Lipinski definition) is 3. The van der Waals surface area contributed by atoms with Crippen LogP contribution in [0.4, 0.5) is 5.69 Å². The molecule has 1 amide bonds. The van der Waals surface area contributed by atoms with Crippen molar-refractivity contribution < 1.29 is 9.21 Å². The van der Waals surface area contributed by atoms with Crippen LogP contribution in [0.3, 0.4) is 0 Å². The third-order valence-electron chi connectivity index (χ3n) is 5.16. The molecule has 1 N–H and O–H groups in total. The summed E-state index contributed by atoms with van der Waals surface area (Å²) in [7, 11) is 0. The predicted octanol–water partition coefficient (Wildman–Crippen LogP) is 7.57. The molecule has 0 radical (unpaired) electrons. The van der Waals surface area contributed by atoms with Crippen molar-refractivity contribution in [2.24, 2.45) is 0 Å². The highest BCUT2D eigenvalue weighted by Gasteiger charge is 2.15. The van der Waals surface area contributed by atoms with Gasteiger partial charge in [-0.25, -0.2) is 4.98 Å². The average molecular weight is 439 g/mol. The van der Waals surface area contributed by atoms with Gasteiger partial charge in [0.05, 0.1) is 15.6 Å². The number of aromatic nitrogens is 1. The molecule has 4 rings (SSSR count). The van der Waals surface area contributed by atoms with Crippen LogP contribution in [0.1, 0.15) is 42.1 Å². The number of carbonyl (C=O) groups excluding carboxylic acids is 1. The lowest BCUT2D eigenvalue weighted by Crippen LogP contribution is -2.12. The Bertz CT molecular complexity index is 1230. The molecule has 0 saturated carbocycles. The number of halogens is 2. The summed E-state index contributed by atoms with van der Waals surface area (Å²) in [5.74, 6) is 0.630. The number of carbonyl (C=O) groups is 1. The van der Waals surface area contributed by atoms with Crippen LogP contribution in [0.2, 0.25) is 10.0 Å². The van der Waals surface area contributed by atoms with Crippen LogP contribution >= 0.6 is 23.2 Å². The largest absolute Gasteiger partial charge is 0.436 e. The monoisotopic (exact) mass is 438 g/mol. The molecule has 1 heterocycles. The lowest BCUT2D eigenvalue weighted by Gasteiger charge is -2.08. The molecule has 152 valence electrons. The molecule has 1 atom stereocenters. The van der Waals surface area contributed by atoms with Gasteiger partial charge in [-0.1, -0.05) is 55.2 Å². The molecule has 0 saturated heterocycles. The van der Waals surface area contributed by atoms with E-state index in [1.165, 1.54) is 5.56 Å². The van der Waals surface area contributed by atoms with Crippen molar-refractivity contribution >= 4 is 45.9 Å². The molecular formula is C24H20Cl2N2O2. The number of fused-ring (bicyclic) bond motifs is 1. The number of rotatable bonds is 5. The summed E-state index contributed by atoms with van der Waals surface area (Å²) in [6.07, 6.45) is 1.06. The summed E-state index contributed by atoms with van der Waals surface area (Å²) in [6.45, 7) is 4.36. The molecule has 0 fully saturated rings. The van der Waals surface area contributed by atoms with E-state index in [0.717, 1.165) is 23.1 Å². The van der Waals surface area contributed by atoms with Crippen molar-refractivity contribution in [3.63, 3.8) is 0 Å². The van der Waals surface area contributed by atoms with Crippen LogP contribution in [0.15, 0.2) is 65.1 Å². The Labute approximate surface area is 184 Å². The zero-order valence-corrected chi connectivity index (χ0v) is 18.1. The first-order valence-corrected chi connectivity index (χ1v) is 10.5. The van der Waals surface area contributed by atoms with E-state index in [2.05, 4.69) is 36.3 Å². The van der Waals surface area contributed by atoms with Gasteiger partial charge in [0.15, 0.2) is 5.58 Å². The molecule has 0 aliphatic carbocycles. The van der Waals surface area contributed by atoms with Gasteiger partial charge in [0.2, 0.25) is 5.89 Å². The van der Waals surface area contributed by atoms with Crippen molar-refractivity contribution in [2.75, 3.05) is 5.32 Å². The first-order chi connectivity index (χ1) is 14.5. The first-order valence-electron chi connectivity index (χ1n) is 9.72. The minimum atomic E-state index is -0.338. The van der Waals surface area contributed by atoms with Crippen molar-refractivity contribution in [3.05, 3.63) is 81.8 Å². The second-order valence-electron chi connectivity index (χ2n) is 7.19. The SMILES string of the molecule is CC[C@@H](C)c1ccc2oc(-c3cccc(NC(=O)c4cccc(Cl)c4Cl)c3)nc2c1. The number of hydrogen-bond donors (Lipinski definition) is 1. The van der Waals surface area contributed by atoms with Gasteiger partial charge in [-0.05, 0) is 60.4 Å². The maximum Gasteiger partial charge on any atom is 0.257 e. The molecule has 3 aromatic carbocycles. The van der Waals surface area contributed by atoms with E-state index in [9.17, 15) is 4.79 Å². The quantitative estimate of drug-likeness (QED) is 0.349.